The van der Waals surface area contributed by atoms with Crippen LogP contribution in [0.2, 0.25) is 0 Å². The Labute approximate surface area is 201 Å². The van der Waals surface area contributed by atoms with Crippen LogP contribution in [0.3, 0.4) is 0 Å². The number of carbonyl (C=O) groups is 1. The Hall–Kier alpha value is -2.49. The van der Waals surface area contributed by atoms with Crippen LogP contribution in [0.25, 0.3) is 0 Å². The summed E-state index contributed by atoms with van der Waals surface area (Å²) in [6.45, 7) is 6.79. The zero-order valence-corrected chi connectivity index (χ0v) is 20.9. The van der Waals surface area contributed by atoms with Crippen molar-refractivity contribution in [1.82, 2.24) is 5.32 Å². The van der Waals surface area contributed by atoms with Crippen LogP contribution in [0.5, 0.6) is 5.75 Å². The molecule has 0 radical (unpaired) electrons. The first-order valence-electron chi connectivity index (χ1n) is 10.0. The molecule has 8 heteroatoms. The Kier molecular flexibility index (Phi) is 11.2. The fourth-order valence-corrected chi connectivity index (χ4v) is 2.66. The molecule has 0 bridgehead atoms. The largest absolute Gasteiger partial charge is 0.497 e. The van der Waals surface area contributed by atoms with Gasteiger partial charge in [-0.05, 0) is 69.0 Å². The highest BCUT2D eigenvalue weighted by atomic mass is 127. The van der Waals surface area contributed by atoms with E-state index in [0.717, 1.165) is 24.2 Å². The van der Waals surface area contributed by atoms with Gasteiger partial charge in [0.05, 0.1) is 7.11 Å². The van der Waals surface area contributed by atoms with E-state index in [1.165, 1.54) is 5.56 Å². The molecule has 0 atom stereocenters. The van der Waals surface area contributed by atoms with Crippen molar-refractivity contribution in [3.05, 3.63) is 59.7 Å². The van der Waals surface area contributed by atoms with Crippen LogP contribution in [0.4, 0.5) is 10.5 Å². The SMILES string of the molecule is COc1ccc(CCNC(N)=NCCc2ccc(NC(=O)OC(C)(C)C)cc2)cc1.I. The number of amides is 1. The molecule has 0 saturated heterocycles. The van der Waals surface area contributed by atoms with E-state index in [4.69, 9.17) is 15.2 Å². The van der Waals surface area contributed by atoms with E-state index >= 15 is 0 Å². The number of aliphatic imine (C=N–C) groups is 1. The molecule has 0 aliphatic heterocycles. The summed E-state index contributed by atoms with van der Waals surface area (Å²) in [5, 5.41) is 5.85. The molecule has 2 aromatic rings. The van der Waals surface area contributed by atoms with Crippen molar-refractivity contribution in [2.75, 3.05) is 25.5 Å². The molecule has 170 valence electrons. The number of ether oxygens (including phenoxy) is 2. The van der Waals surface area contributed by atoms with Gasteiger partial charge in [0.2, 0.25) is 0 Å². The lowest BCUT2D eigenvalue weighted by atomic mass is 10.1. The Morgan fingerprint density at radius 3 is 2.16 bits per heavy atom. The Balaban J connectivity index is 0.00000480. The number of hydrogen-bond donors (Lipinski definition) is 3. The summed E-state index contributed by atoms with van der Waals surface area (Å²) in [7, 11) is 1.66. The molecular formula is C23H33IN4O3. The standard InChI is InChI=1S/C23H32N4O3.HI/c1-23(2,3)30-22(28)27-19-9-5-17(6-10-19)13-15-25-21(24)26-16-14-18-7-11-20(29-4)12-8-18;/h5-12H,13-16H2,1-4H3,(H,27,28)(H3,24,25,26);1H. The summed E-state index contributed by atoms with van der Waals surface area (Å²) in [5.41, 5.74) is 8.42. The minimum absolute atomic E-state index is 0. The number of benzene rings is 2. The Bertz CT molecular complexity index is 831. The second kappa shape index (κ2) is 13.0. The first-order valence-corrected chi connectivity index (χ1v) is 10.0. The smallest absolute Gasteiger partial charge is 0.412 e. The third-order valence-corrected chi connectivity index (χ3v) is 4.16. The lowest BCUT2D eigenvalue weighted by Gasteiger charge is -2.19. The number of methoxy groups -OCH3 is 1. The maximum absolute atomic E-state index is 11.8. The van der Waals surface area contributed by atoms with Crippen molar-refractivity contribution < 1.29 is 14.3 Å². The average Bonchev–Trinajstić information content (AvgIpc) is 2.68. The van der Waals surface area contributed by atoms with E-state index in [2.05, 4.69) is 15.6 Å². The van der Waals surface area contributed by atoms with Crippen LogP contribution >= 0.6 is 24.0 Å². The van der Waals surface area contributed by atoms with E-state index in [1.54, 1.807) is 7.11 Å². The number of nitrogens with zero attached hydrogens (tertiary/aromatic N) is 1. The van der Waals surface area contributed by atoms with Crippen molar-refractivity contribution >= 4 is 41.7 Å². The molecule has 4 N–H and O–H groups in total. The molecule has 0 spiro atoms. The van der Waals surface area contributed by atoms with Crippen molar-refractivity contribution in [3.8, 4) is 5.75 Å². The number of nitrogens with one attached hydrogen (secondary N) is 2. The van der Waals surface area contributed by atoms with E-state index in [0.29, 0.717) is 24.7 Å². The van der Waals surface area contributed by atoms with Crippen molar-refractivity contribution in [2.45, 2.75) is 39.2 Å². The maximum atomic E-state index is 11.8. The summed E-state index contributed by atoms with van der Waals surface area (Å²) in [6, 6.07) is 15.6. The fraction of sp³-hybridized carbons (Fsp3) is 0.391. The first-order chi connectivity index (χ1) is 14.2. The number of halogens is 1. The topological polar surface area (TPSA) is 98.0 Å². The monoisotopic (exact) mass is 540 g/mol. The van der Waals surface area contributed by atoms with Gasteiger partial charge in [0.1, 0.15) is 11.4 Å². The minimum Gasteiger partial charge on any atom is -0.497 e. The number of anilines is 1. The van der Waals surface area contributed by atoms with Gasteiger partial charge in [-0.2, -0.15) is 0 Å². The van der Waals surface area contributed by atoms with Gasteiger partial charge >= 0.3 is 6.09 Å². The molecular weight excluding hydrogens is 507 g/mol. The third-order valence-electron chi connectivity index (χ3n) is 4.16. The van der Waals surface area contributed by atoms with Gasteiger partial charge < -0.3 is 20.5 Å². The maximum Gasteiger partial charge on any atom is 0.412 e. The summed E-state index contributed by atoms with van der Waals surface area (Å²) in [4.78, 5) is 16.2. The summed E-state index contributed by atoms with van der Waals surface area (Å²) in [5.74, 6) is 1.29. The lowest BCUT2D eigenvalue weighted by molar-refractivity contribution is 0.0636. The lowest BCUT2D eigenvalue weighted by Crippen LogP contribution is -2.33. The van der Waals surface area contributed by atoms with Gasteiger partial charge in [0.15, 0.2) is 5.96 Å². The molecule has 0 unspecified atom stereocenters. The number of nitrogens with two attached hydrogens (primary N) is 1. The van der Waals surface area contributed by atoms with Crippen LogP contribution in [0.1, 0.15) is 31.9 Å². The van der Waals surface area contributed by atoms with E-state index < -0.39 is 11.7 Å². The third kappa shape index (κ3) is 10.9. The predicted molar refractivity (Wildman–Crippen MR) is 137 cm³/mol. The van der Waals surface area contributed by atoms with Crippen molar-refractivity contribution in [1.29, 1.82) is 0 Å². The first kappa shape index (κ1) is 26.5. The van der Waals surface area contributed by atoms with Crippen molar-refractivity contribution in [2.24, 2.45) is 10.7 Å². The van der Waals surface area contributed by atoms with Crippen LogP contribution in [-0.4, -0.2) is 37.9 Å². The van der Waals surface area contributed by atoms with Crippen LogP contribution in [-0.2, 0) is 17.6 Å². The number of hydrogen-bond acceptors (Lipinski definition) is 4. The van der Waals surface area contributed by atoms with Gasteiger partial charge in [-0.3, -0.25) is 10.3 Å². The molecule has 1 amide bonds. The highest BCUT2D eigenvalue weighted by molar-refractivity contribution is 14.0. The molecule has 2 aromatic carbocycles. The minimum atomic E-state index is -0.523. The molecule has 0 aliphatic carbocycles. The number of guanidine groups is 1. The number of carbonyl (C=O) groups excluding carboxylic acids is 1. The van der Waals surface area contributed by atoms with Crippen LogP contribution < -0.4 is 21.1 Å². The second-order valence-corrected chi connectivity index (χ2v) is 7.87. The molecule has 31 heavy (non-hydrogen) atoms. The summed E-state index contributed by atoms with van der Waals surface area (Å²) < 4.78 is 10.4. The molecule has 0 heterocycles. The molecule has 2 rings (SSSR count). The normalized spacial score (nSPS) is 11.3. The highest BCUT2D eigenvalue weighted by Gasteiger charge is 2.16. The highest BCUT2D eigenvalue weighted by Crippen LogP contribution is 2.13. The quantitative estimate of drug-likeness (QED) is 0.263. The van der Waals surface area contributed by atoms with Gasteiger partial charge in [0.25, 0.3) is 0 Å². The molecule has 0 saturated carbocycles. The molecule has 0 aliphatic rings. The van der Waals surface area contributed by atoms with Gasteiger partial charge in [-0.25, -0.2) is 4.79 Å². The average molecular weight is 540 g/mol. The molecule has 0 aromatic heterocycles. The zero-order valence-electron chi connectivity index (χ0n) is 18.6. The molecule has 0 fully saturated rings. The van der Waals surface area contributed by atoms with E-state index in [9.17, 15) is 4.79 Å². The van der Waals surface area contributed by atoms with Crippen LogP contribution in [0.15, 0.2) is 53.5 Å². The zero-order chi connectivity index (χ0) is 22.0. The summed E-state index contributed by atoms with van der Waals surface area (Å²) >= 11 is 0. The second-order valence-electron chi connectivity index (χ2n) is 7.87. The van der Waals surface area contributed by atoms with Gasteiger partial charge in [0, 0.05) is 18.8 Å². The van der Waals surface area contributed by atoms with Crippen molar-refractivity contribution in [3.63, 3.8) is 0 Å². The van der Waals surface area contributed by atoms with Gasteiger partial charge in [-0.15, -0.1) is 24.0 Å². The van der Waals surface area contributed by atoms with E-state index in [1.807, 2.05) is 69.3 Å². The Morgan fingerprint density at radius 2 is 1.58 bits per heavy atom. The van der Waals surface area contributed by atoms with E-state index in [-0.39, 0.29) is 24.0 Å². The Morgan fingerprint density at radius 1 is 1.00 bits per heavy atom. The van der Waals surface area contributed by atoms with Gasteiger partial charge in [-0.1, -0.05) is 24.3 Å². The predicted octanol–water partition coefficient (Wildman–Crippen LogP) is 4.35. The fourth-order valence-electron chi connectivity index (χ4n) is 2.66. The van der Waals surface area contributed by atoms with Crippen LogP contribution in [0, 0.1) is 0 Å². The summed E-state index contributed by atoms with van der Waals surface area (Å²) in [6.07, 6.45) is 1.15. The number of rotatable bonds is 8. The molecule has 7 nitrogen and oxygen atoms in total.